The lowest BCUT2D eigenvalue weighted by molar-refractivity contribution is -0.344. The number of hydrogen-bond acceptors (Lipinski definition) is 10. The maximum atomic E-state index is 11.6. The second kappa shape index (κ2) is 11.3. The summed E-state index contributed by atoms with van der Waals surface area (Å²) < 4.78 is 24.1. The molecule has 0 amide bonds. The number of fused-ring (bicyclic) bond motifs is 3. The smallest absolute Gasteiger partial charge is 0.302 e. The standard InChI is InChI=1S/C38H62O10/c1-19(15-22(40)31-34(5,6)48-31)21-9-14-38-18-37(21,38)13-10-24-35(7)12-11-26(41)33(3,4)25(35)16-27(36(24,38)8)47-32-30(44)29(43)28(42)23(46-32)17-45-20(2)39/h19,21-32,40-44H,9-18H2,1-8H3/t19?,21-,22?,23+,24+,25-,26+,27+,28+,29-,30+,31?,32-,35+,36-,37+,38+/m0/s1. The van der Waals surface area contributed by atoms with E-state index < -0.39 is 48.9 Å². The first kappa shape index (κ1) is 35.5. The third-order valence-electron chi connectivity index (χ3n) is 16.2. The molecular weight excluding hydrogens is 616 g/mol. The summed E-state index contributed by atoms with van der Waals surface area (Å²) in [7, 11) is 0. The van der Waals surface area contributed by atoms with Crippen molar-refractivity contribution in [1.82, 2.24) is 0 Å². The van der Waals surface area contributed by atoms with Crippen LogP contribution in [0.15, 0.2) is 0 Å². The fourth-order valence-corrected chi connectivity index (χ4v) is 13.7. The fraction of sp³-hybridized carbons (Fsp3) is 0.974. The van der Waals surface area contributed by atoms with Gasteiger partial charge < -0.3 is 44.5 Å². The third kappa shape index (κ3) is 4.82. The van der Waals surface area contributed by atoms with Gasteiger partial charge in [-0.1, -0.05) is 34.6 Å². The Labute approximate surface area is 286 Å². The van der Waals surface area contributed by atoms with E-state index in [9.17, 15) is 30.3 Å². The lowest BCUT2D eigenvalue weighted by Crippen LogP contribution is -2.68. The number of epoxide rings is 1. The highest BCUT2D eigenvalue weighted by molar-refractivity contribution is 5.65. The number of carbonyl (C=O) groups is 1. The quantitative estimate of drug-likeness (QED) is 0.146. The van der Waals surface area contributed by atoms with E-state index in [-0.39, 0.29) is 57.4 Å². The van der Waals surface area contributed by atoms with E-state index in [1.165, 1.54) is 6.92 Å². The number of aliphatic hydroxyl groups is 5. The van der Waals surface area contributed by atoms with Crippen LogP contribution in [-0.4, -0.2) is 98.8 Å². The molecule has 48 heavy (non-hydrogen) atoms. The summed E-state index contributed by atoms with van der Waals surface area (Å²) in [4.78, 5) is 11.6. The van der Waals surface area contributed by atoms with E-state index in [2.05, 4.69) is 34.6 Å². The lowest BCUT2D eigenvalue weighted by atomic mass is 9.37. The molecule has 7 rings (SSSR count). The Morgan fingerprint density at radius 1 is 0.917 bits per heavy atom. The Bertz CT molecular complexity index is 1270. The van der Waals surface area contributed by atoms with Gasteiger partial charge in [0, 0.05) is 12.3 Å². The monoisotopic (exact) mass is 678 g/mol. The third-order valence-corrected chi connectivity index (χ3v) is 16.2. The van der Waals surface area contributed by atoms with Crippen LogP contribution in [0, 0.1) is 50.7 Å². The molecule has 5 aliphatic carbocycles. The Hall–Kier alpha value is -0.850. The van der Waals surface area contributed by atoms with Gasteiger partial charge in [-0.25, -0.2) is 0 Å². The van der Waals surface area contributed by atoms with Crippen molar-refractivity contribution in [3.05, 3.63) is 0 Å². The maximum Gasteiger partial charge on any atom is 0.302 e. The minimum absolute atomic E-state index is 0.00472. The first-order valence-electron chi connectivity index (χ1n) is 18.8. The van der Waals surface area contributed by atoms with Crippen LogP contribution in [0.2, 0.25) is 0 Å². The van der Waals surface area contributed by atoms with Crippen LogP contribution in [0.1, 0.15) is 113 Å². The van der Waals surface area contributed by atoms with Gasteiger partial charge in [0.1, 0.15) is 37.1 Å². The molecular formula is C38H62O10. The Morgan fingerprint density at radius 2 is 1.60 bits per heavy atom. The zero-order valence-corrected chi connectivity index (χ0v) is 30.4. The summed E-state index contributed by atoms with van der Waals surface area (Å²) in [6.45, 7) is 16.7. The zero-order valence-electron chi connectivity index (χ0n) is 30.4. The molecule has 2 aliphatic heterocycles. The number of carbonyl (C=O) groups excluding carboxylic acids is 1. The normalized spacial score (nSPS) is 54.1. The van der Waals surface area contributed by atoms with Gasteiger partial charge in [0.2, 0.25) is 0 Å². The molecule has 274 valence electrons. The molecule has 5 saturated carbocycles. The van der Waals surface area contributed by atoms with Crippen LogP contribution < -0.4 is 0 Å². The van der Waals surface area contributed by atoms with E-state index >= 15 is 0 Å². The Balaban J connectivity index is 1.22. The fourth-order valence-electron chi connectivity index (χ4n) is 13.7. The molecule has 0 spiro atoms. The number of rotatable bonds is 8. The van der Waals surface area contributed by atoms with Crippen LogP contribution in [0.5, 0.6) is 0 Å². The first-order chi connectivity index (χ1) is 22.3. The van der Waals surface area contributed by atoms with Gasteiger partial charge in [0.05, 0.1) is 23.9 Å². The Kier molecular flexibility index (Phi) is 8.39. The molecule has 17 atom stereocenters. The summed E-state index contributed by atoms with van der Waals surface area (Å²) in [6.07, 6.45) is 0.669. The molecule has 0 radical (unpaired) electrons. The number of hydrogen-bond donors (Lipinski definition) is 5. The molecule has 0 aromatic carbocycles. The summed E-state index contributed by atoms with van der Waals surface area (Å²) in [5.74, 6) is 0.803. The molecule has 2 saturated heterocycles. The predicted molar refractivity (Wildman–Crippen MR) is 175 cm³/mol. The number of aliphatic hydroxyl groups excluding tert-OH is 5. The van der Waals surface area contributed by atoms with E-state index in [4.69, 9.17) is 18.9 Å². The second-order valence-corrected chi connectivity index (χ2v) is 19.0. The maximum absolute atomic E-state index is 11.6. The molecule has 5 N–H and O–H groups in total. The van der Waals surface area contributed by atoms with Gasteiger partial charge in [0.25, 0.3) is 0 Å². The minimum atomic E-state index is -1.53. The highest BCUT2D eigenvalue weighted by Crippen LogP contribution is 2.91. The van der Waals surface area contributed by atoms with Crippen molar-refractivity contribution in [1.29, 1.82) is 0 Å². The van der Waals surface area contributed by atoms with E-state index in [0.29, 0.717) is 24.2 Å². The largest absolute Gasteiger partial charge is 0.463 e. The highest BCUT2D eigenvalue weighted by atomic mass is 16.7. The van der Waals surface area contributed by atoms with E-state index in [1.54, 1.807) is 0 Å². The highest BCUT2D eigenvalue weighted by Gasteiger charge is 2.85. The summed E-state index contributed by atoms with van der Waals surface area (Å²) in [5, 5.41) is 55.3. The molecule has 3 unspecified atom stereocenters. The summed E-state index contributed by atoms with van der Waals surface area (Å²) in [6, 6.07) is 0. The molecule has 7 aliphatic rings. The van der Waals surface area contributed by atoms with Crippen molar-refractivity contribution in [2.45, 2.75) is 174 Å². The lowest BCUT2D eigenvalue weighted by Gasteiger charge is -2.69. The molecule has 10 nitrogen and oxygen atoms in total. The van der Waals surface area contributed by atoms with Gasteiger partial charge in [-0.3, -0.25) is 4.79 Å². The predicted octanol–water partition coefficient (Wildman–Crippen LogP) is 3.72. The van der Waals surface area contributed by atoms with Crippen molar-refractivity contribution < 1.29 is 49.3 Å². The Morgan fingerprint density at radius 3 is 2.25 bits per heavy atom. The average molecular weight is 679 g/mol. The number of esters is 1. The van der Waals surface area contributed by atoms with Gasteiger partial charge in [-0.15, -0.1) is 0 Å². The van der Waals surface area contributed by atoms with Gasteiger partial charge in [0.15, 0.2) is 6.29 Å². The van der Waals surface area contributed by atoms with Crippen LogP contribution in [-0.2, 0) is 23.7 Å². The van der Waals surface area contributed by atoms with Crippen molar-refractivity contribution in [3.8, 4) is 0 Å². The topological polar surface area (TPSA) is 158 Å². The molecule has 2 heterocycles. The molecule has 7 fully saturated rings. The van der Waals surface area contributed by atoms with Gasteiger partial charge in [-0.05, 0) is 117 Å². The SMILES string of the molecule is CC(=O)OC[C@H]1O[C@@H](O[C@@H]2C[C@H]3C(C)(C)[C@H](O)CC[C@]3(C)[C@H]3CC[C@]45C[C@]4(CC[C@H]5C(C)CC(O)C4OC4(C)C)[C@@]32C)[C@H](O)[C@@H](O)[C@@H]1O. The molecule has 0 aromatic rings. The first-order valence-corrected chi connectivity index (χ1v) is 18.8. The molecule has 0 bridgehead atoms. The van der Waals surface area contributed by atoms with Crippen LogP contribution in [0.4, 0.5) is 0 Å². The van der Waals surface area contributed by atoms with Crippen LogP contribution in [0.25, 0.3) is 0 Å². The summed E-state index contributed by atoms with van der Waals surface area (Å²) in [5.41, 5.74) is -0.670. The van der Waals surface area contributed by atoms with Crippen LogP contribution in [0.3, 0.4) is 0 Å². The van der Waals surface area contributed by atoms with Crippen LogP contribution >= 0.6 is 0 Å². The van der Waals surface area contributed by atoms with E-state index in [0.717, 1.165) is 51.4 Å². The molecule has 10 heteroatoms. The second-order valence-electron chi connectivity index (χ2n) is 19.0. The summed E-state index contributed by atoms with van der Waals surface area (Å²) >= 11 is 0. The molecule has 0 aromatic heterocycles. The van der Waals surface area contributed by atoms with Crippen molar-refractivity contribution in [3.63, 3.8) is 0 Å². The average Bonchev–Trinajstić information content (AvgIpc) is 3.84. The van der Waals surface area contributed by atoms with Crippen molar-refractivity contribution in [2.75, 3.05) is 6.61 Å². The number of ether oxygens (including phenoxy) is 4. The van der Waals surface area contributed by atoms with Crippen molar-refractivity contribution in [2.24, 2.45) is 50.7 Å². The van der Waals surface area contributed by atoms with Gasteiger partial charge >= 0.3 is 5.97 Å². The minimum Gasteiger partial charge on any atom is -0.463 e. The van der Waals surface area contributed by atoms with Crippen molar-refractivity contribution >= 4 is 5.97 Å². The zero-order chi connectivity index (χ0) is 35.0. The van der Waals surface area contributed by atoms with Gasteiger partial charge in [-0.2, -0.15) is 0 Å². The van der Waals surface area contributed by atoms with E-state index in [1.807, 2.05) is 13.8 Å².